The Morgan fingerprint density at radius 3 is 2.68 bits per heavy atom. The number of nitrogens with one attached hydrogen (secondary N) is 1. The van der Waals surface area contributed by atoms with Gasteiger partial charge in [0, 0.05) is 29.2 Å². The van der Waals surface area contributed by atoms with Crippen molar-refractivity contribution in [3.05, 3.63) is 57.6 Å². The van der Waals surface area contributed by atoms with Crippen LogP contribution in [0.5, 0.6) is 0 Å². The van der Waals surface area contributed by atoms with Crippen molar-refractivity contribution >= 4 is 34.8 Å². The molecule has 2 heterocycles. The fraction of sp³-hybridized carbons (Fsp3) is 0.300. The summed E-state index contributed by atoms with van der Waals surface area (Å²) < 4.78 is 0. The van der Waals surface area contributed by atoms with Gasteiger partial charge in [-0.1, -0.05) is 17.7 Å². The number of benzene rings is 2. The van der Waals surface area contributed by atoms with Crippen LogP contribution in [0.1, 0.15) is 39.9 Å². The van der Waals surface area contributed by atoms with E-state index < -0.39 is 0 Å². The maximum absolute atomic E-state index is 12.8. The first-order valence-electron chi connectivity index (χ1n) is 8.56. The molecule has 128 valence electrons. The fourth-order valence-corrected chi connectivity index (χ4v) is 3.88. The molecule has 4 rings (SSSR count). The molecule has 2 aliphatic heterocycles. The van der Waals surface area contributed by atoms with Gasteiger partial charge in [-0.2, -0.15) is 0 Å². The Bertz CT molecular complexity index is 874. The average Bonchev–Trinajstić information content (AvgIpc) is 2.61. The van der Waals surface area contributed by atoms with Crippen molar-refractivity contribution in [3.8, 4) is 0 Å². The number of carbonyl (C=O) groups is 2. The predicted octanol–water partition coefficient (Wildman–Crippen LogP) is 4.13. The monoisotopic (exact) mass is 354 g/mol. The molecule has 2 aromatic carbocycles. The Morgan fingerprint density at radius 2 is 1.88 bits per heavy atom. The van der Waals surface area contributed by atoms with Crippen LogP contribution >= 0.6 is 11.6 Å². The van der Waals surface area contributed by atoms with Crippen LogP contribution in [0.3, 0.4) is 0 Å². The molecular weight excluding hydrogens is 336 g/mol. The molecule has 0 spiro atoms. The lowest BCUT2D eigenvalue weighted by molar-refractivity contribution is -0.119. The summed E-state index contributed by atoms with van der Waals surface area (Å²) in [6.45, 7) is 2.72. The lowest BCUT2D eigenvalue weighted by Crippen LogP contribution is -2.39. The van der Waals surface area contributed by atoms with E-state index in [1.165, 1.54) is 0 Å². The number of anilines is 2. The summed E-state index contributed by atoms with van der Waals surface area (Å²) in [5.74, 6) is 0.0543. The molecule has 1 N–H and O–H groups in total. The van der Waals surface area contributed by atoms with E-state index in [2.05, 4.69) is 5.32 Å². The zero-order valence-corrected chi connectivity index (χ0v) is 14.8. The minimum absolute atomic E-state index is 0.140. The highest BCUT2D eigenvalue weighted by Crippen LogP contribution is 2.36. The van der Waals surface area contributed by atoms with Gasteiger partial charge in [-0.3, -0.25) is 9.59 Å². The number of carbonyl (C=O) groups excluding carboxylic acids is 2. The van der Waals surface area contributed by atoms with Crippen LogP contribution in [-0.2, 0) is 17.6 Å². The van der Waals surface area contributed by atoms with E-state index in [4.69, 9.17) is 11.6 Å². The SMILES string of the molecule is Cc1ccc(Cl)cc1NC(=O)c1cc2c3c(c1)CCC(=O)N3CCC2. The molecular formula is C20H19ClN2O2. The van der Waals surface area contributed by atoms with Crippen molar-refractivity contribution in [2.75, 3.05) is 16.8 Å². The molecule has 4 nitrogen and oxygen atoms in total. The van der Waals surface area contributed by atoms with Crippen molar-refractivity contribution in [2.45, 2.75) is 32.6 Å². The number of nitrogens with zero attached hydrogens (tertiary/aromatic N) is 1. The van der Waals surface area contributed by atoms with Crippen LogP contribution < -0.4 is 10.2 Å². The number of halogens is 1. The van der Waals surface area contributed by atoms with Crippen LogP contribution in [0, 0.1) is 6.92 Å². The largest absolute Gasteiger partial charge is 0.322 e. The van der Waals surface area contributed by atoms with E-state index in [9.17, 15) is 9.59 Å². The van der Waals surface area contributed by atoms with E-state index in [0.717, 1.165) is 47.5 Å². The first-order chi connectivity index (χ1) is 12.0. The maximum Gasteiger partial charge on any atom is 0.255 e. The fourth-order valence-electron chi connectivity index (χ4n) is 3.71. The third kappa shape index (κ3) is 2.91. The lowest BCUT2D eigenvalue weighted by atomic mass is 9.89. The molecule has 2 aliphatic rings. The molecule has 0 aromatic heterocycles. The van der Waals surface area contributed by atoms with Gasteiger partial charge < -0.3 is 10.2 Å². The van der Waals surface area contributed by atoms with E-state index >= 15 is 0 Å². The molecule has 0 atom stereocenters. The molecule has 0 unspecified atom stereocenters. The number of hydrogen-bond acceptors (Lipinski definition) is 2. The first-order valence-corrected chi connectivity index (χ1v) is 8.94. The summed E-state index contributed by atoms with van der Waals surface area (Å²) in [5, 5.41) is 3.55. The minimum Gasteiger partial charge on any atom is -0.322 e. The van der Waals surface area contributed by atoms with Gasteiger partial charge in [0.1, 0.15) is 0 Å². The summed E-state index contributed by atoms with van der Waals surface area (Å²) in [5.41, 5.74) is 5.58. The number of aryl methyl sites for hydroxylation is 3. The van der Waals surface area contributed by atoms with Gasteiger partial charge in [0.15, 0.2) is 0 Å². The molecule has 0 radical (unpaired) electrons. The van der Waals surface area contributed by atoms with Gasteiger partial charge in [0.2, 0.25) is 5.91 Å². The predicted molar refractivity (Wildman–Crippen MR) is 99.6 cm³/mol. The van der Waals surface area contributed by atoms with Gasteiger partial charge in [-0.05, 0) is 67.1 Å². The Hall–Kier alpha value is -2.33. The van der Waals surface area contributed by atoms with Crippen molar-refractivity contribution in [1.29, 1.82) is 0 Å². The lowest BCUT2D eigenvalue weighted by Gasteiger charge is -2.35. The summed E-state index contributed by atoms with van der Waals surface area (Å²) >= 11 is 6.04. The molecule has 0 saturated heterocycles. The Morgan fingerprint density at radius 1 is 1.12 bits per heavy atom. The molecule has 0 bridgehead atoms. The highest BCUT2D eigenvalue weighted by molar-refractivity contribution is 6.31. The second kappa shape index (κ2) is 6.19. The minimum atomic E-state index is -0.140. The van der Waals surface area contributed by atoms with E-state index in [1.54, 1.807) is 12.1 Å². The Labute approximate surface area is 151 Å². The average molecular weight is 355 g/mol. The van der Waals surface area contributed by atoms with Gasteiger partial charge in [0.05, 0.1) is 5.69 Å². The molecule has 0 aliphatic carbocycles. The summed E-state index contributed by atoms with van der Waals surface area (Å²) in [6, 6.07) is 9.31. The highest BCUT2D eigenvalue weighted by Gasteiger charge is 2.30. The highest BCUT2D eigenvalue weighted by atomic mass is 35.5. The van der Waals surface area contributed by atoms with Gasteiger partial charge >= 0.3 is 0 Å². The quantitative estimate of drug-likeness (QED) is 0.881. The van der Waals surface area contributed by atoms with Crippen LogP contribution in [0.4, 0.5) is 11.4 Å². The molecule has 0 fully saturated rings. The maximum atomic E-state index is 12.8. The molecule has 5 heteroatoms. The summed E-state index contributed by atoms with van der Waals surface area (Å²) in [7, 11) is 0. The van der Waals surface area contributed by atoms with Crippen LogP contribution in [0.15, 0.2) is 30.3 Å². The molecule has 0 saturated carbocycles. The van der Waals surface area contributed by atoms with Crippen LogP contribution in [0.25, 0.3) is 0 Å². The third-order valence-electron chi connectivity index (χ3n) is 4.98. The zero-order chi connectivity index (χ0) is 17.6. The number of amides is 2. The smallest absolute Gasteiger partial charge is 0.255 e. The molecule has 2 amide bonds. The summed E-state index contributed by atoms with van der Waals surface area (Å²) in [4.78, 5) is 26.8. The van der Waals surface area contributed by atoms with E-state index in [-0.39, 0.29) is 11.8 Å². The Kier molecular flexibility index (Phi) is 4.00. The first kappa shape index (κ1) is 16.2. The van der Waals surface area contributed by atoms with E-state index in [0.29, 0.717) is 23.4 Å². The van der Waals surface area contributed by atoms with Crippen molar-refractivity contribution in [3.63, 3.8) is 0 Å². The van der Waals surface area contributed by atoms with Crippen molar-refractivity contribution in [1.82, 2.24) is 0 Å². The summed E-state index contributed by atoms with van der Waals surface area (Å²) in [6.07, 6.45) is 3.07. The standard InChI is InChI=1S/C20H19ClN2O2/c1-12-4-6-16(21)11-17(12)22-20(25)15-9-13-3-2-8-23-18(24)7-5-14(10-15)19(13)23/h4,6,9-11H,2-3,5,7-8H2,1H3,(H,22,25). The zero-order valence-electron chi connectivity index (χ0n) is 14.1. The van der Waals surface area contributed by atoms with Gasteiger partial charge in [-0.25, -0.2) is 0 Å². The van der Waals surface area contributed by atoms with Crippen LogP contribution in [0.2, 0.25) is 5.02 Å². The second-order valence-electron chi connectivity index (χ2n) is 6.71. The molecule has 25 heavy (non-hydrogen) atoms. The normalized spacial score (nSPS) is 15.8. The van der Waals surface area contributed by atoms with E-state index in [1.807, 2.05) is 30.0 Å². The topological polar surface area (TPSA) is 49.4 Å². The molecule has 2 aromatic rings. The van der Waals surface area contributed by atoms with Gasteiger partial charge in [-0.15, -0.1) is 0 Å². The van der Waals surface area contributed by atoms with Gasteiger partial charge in [0.25, 0.3) is 5.91 Å². The second-order valence-corrected chi connectivity index (χ2v) is 7.14. The third-order valence-corrected chi connectivity index (χ3v) is 5.22. The van der Waals surface area contributed by atoms with Crippen LogP contribution in [-0.4, -0.2) is 18.4 Å². The number of hydrogen-bond donors (Lipinski definition) is 1. The number of rotatable bonds is 2. The van der Waals surface area contributed by atoms with Crippen molar-refractivity contribution in [2.24, 2.45) is 0 Å². The Balaban J connectivity index is 1.69. The van der Waals surface area contributed by atoms with Crippen molar-refractivity contribution < 1.29 is 9.59 Å².